The average Bonchev–Trinajstić information content (AvgIpc) is 2.15. The Kier molecular flexibility index (Phi) is 2.97. The van der Waals surface area contributed by atoms with E-state index in [-0.39, 0.29) is 5.56 Å². The summed E-state index contributed by atoms with van der Waals surface area (Å²) in [4.78, 5) is 11.1. The van der Waals surface area contributed by atoms with Crippen LogP contribution in [0, 0.1) is 0 Å². The Morgan fingerprint density at radius 3 is 2.21 bits per heavy atom. The minimum atomic E-state index is -4.97. The first-order chi connectivity index (χ1) is 6.43. The van der Waals surface area contributed by atoms with Crippen molar-refractivity contribution in [1.29, 1.82) is 0 Å². The quantitative estimate of drug-likeness (QED) is 0.608. The van der Waals surface area contributed by atoms with E-state index in [1.54, 1.807) is 6.07 Å². The van der Waals surface area contributed by atoms with Crippen molar-refractivity contribution < 1.29 is 22.2 Å². The van der Waals surface area contributed by atoms with Crippen LogP contribution in [0.5, 0.6) is 0 Å². The van der Waals surface area contributed by atoms with Gasteiger partial charge < -0.3 is 0 Å². The van der Waals surface area contributed by atoms with Crippen molar-refractivity contribution in [1.82, 2.24) is 0 Å². The number of alkyl halides is 1. The molecule has 1 aromatic carbocycles. The maximum atomic E-state index is 12.8. The summed E-state index contributed by atoms with van der Waals surface area (Å²) in [7, 11) is -4.97. The van der Waals surface area contributed by atoms with Gasteiger partial charge in [-0.2, -0.15) is 8.42 Å². The second kappa shape index (κ2) is 3.85. The van der Waals surface area contributed by atoms with Crippen molar-refractivity contribution in [2.75, 3.05) is 0 Å². The Balaban J connectivity index is 2.99. The normalized spacial score (nSPS) is 13.6. The zero-order valence-corrected chi connectivity index (χ0v) is 7.74. The minimum Gasteiger partial charge on any atom is -0.290 e. The molecule has 0 spiro atoms. The van der Waals surface area contributed by atoms with Gasteiger partial charge in [-0.15, -0.1) is 0 Å². The Hall–Kier alpha value is -1.27. The predicted molar refractivity (Wildman–Crippen MR) is 47.2 cm³/mol. The molecule has 0 aliphatic carbocycles. The molecule has 0 saturated heterocycles. The highest BCUT2D eigenvalue weighted by Crippen LogP contribution is 2.10. The van der Waals surface area contributed by atoms with Crippen LogP contribution in [0.3, 0.4) is 0 Å². The van der Waals surface area contributed by atoms with E-state index in [1.165, 1.54) is 24.3 Å². The van der Waals surface area contributed by atoms with Crippen LogP contribution in [0.1, 0.15) is 10.4 Å². The van der Waals surface area contributed by atoms with Gasteiger partial charge in [0, 0.05) is 5.56 Å². The van der Waals surface area contributed by atoms with Crippen LogP contribution in [0.4, 0.5) is 4.39 Å². The first-order valence-electron chi connectivity index (χ1n) is 3.62. The summed E-state index contributed by atoms with van der Waals surface area (Å²) >= 11 is 0. The first-order valence-corrected chi connectivity index (χ1v) is 5.13. The van der Waals surface area contributed by atoms with Crippen molar-refractivity contribution in [3.8, 4) is 0 Å². The summed E-state index contributed by atoms with van der Waals surface area (Å²) in [6.07, 6.45) is 0. The fourth-order valence-corrected chi connectivity index (χ4v) is 1.28. The molecule has 1 unspecified atom stereocenters. The standard InChI is InChI=1S/C8H7FO4S/c9-8(14(11,12)13)7(10)6-4-2-1-3-5-6/h1-5,8H,(H,11,12,13). The zero-order chi connectivity index (χ0) is 10.8. The number of hydrogen-bond acceptors (Lipinski definition) is 3. The Morgan fingerprint density at radius 1 is 1.29 bits per heavy atom. The van der Waals surface area contributed by atoms with Crippen LogP contribution in [0.25, 0.3) is 0 Å². The summed E-state index contributed by atoms with van der Waals surface area (Å²) in [5.41, 5.74) is -3.01. The number of benzene rings is 1. The van der Waals surface area contributed by atoms with Gasteiger partial charge in [-0.3, -0.25) is 9.35 Å². The SMILES string of the molecule is O=C(c1ccccc1)C(F)S(=O)(=O)O. The second-order valence-electron chi connectivity index (χ2n) is 2.56. The van der Waals surface area contributed by atoms with E-state index < -0.39 is 21.4 Å². The average molecular weight is 218 g/mol. The number of hydrogen-bond donors (Lipinski definition) is 1. The Labute approximate surface area is 80.1 Å². The lowest BCUT2D eigenvalue weighted by Gasteiger charge is -2.02. The van der Waals surface area contributed by atoms with E-state index in [2.05, 4.69) is 0 Å². The van der Waals surface area contributed by atoms with Crippen molar-refractivity contribution >= 4 is 15.9 Å². The molecule has 14 heavy (non-hydrogen) atoms. The summed E-state index contributed by atoms with van der Waals surface area (Å²) in [6.45, 7) is 0. The lowest BCUT2D eigenvalue weighted by molar-refractivity contribution is 0.0928. The molecule has 0 aliphatic heterocycles. The first kappa shape index (κ1) is 10.8. The third kappa shape index (κ3) is 2.36. The zero-order valence-electron chi connectivity index (χ0n) is 6.92. The highest BCUT2D eigenvalue weighted by Gasteiger charge is 2.31. The van der Waals surface area contributed by atoms with Gasteiger partial charge in [-0.05, 0) is 0 Å². The third-order valence-electron chi connectivity index (χ3n) is 1.53. The maximum absolute atomic E-state index is 12.8. The monoisotopic (exact) mass is 218 g/mol. The molecule has 0 fully saturated rings. The molecule has 0 radical (unpaired) electrons. The minimum absolute atomic E-state index is 0.0994. The molecular formula is C8H7FO4S. The molecule has 76 valence electrons. The number of carbonyl (C=O) groups is 1. The third-order valence-corrected chi connectivity index (χ3v) is 2.26. The molecule has 6 heteroatoms. The summed E-state index contributed by atoms with van der Waals surface area (Å²) in [5, 5.41) is 0. The number of rotatable bonds is 3. The molecule has 0 heterocycles. The van der Waals surface area contributed by atoms with Crippen LogP contribution in [0.15, 0.2) is 30.3 Å². The van der Waals surface area contributed by atoms with Crippen LogP contribution < -0.4 is 0 Å². The van der Waals surface area contributed by atoms with Crippen molar-refractivity contribution in [3.05, 3.63) is 35.9 Å². The predicted octanol–water partition coefficient (Wildman–Crippen LogP) is 1.05. The number of ketones is 1. The van der Waals surface area contributed by atoms with Gasteiger partial charge in [0.1, 0.15) is 0 Å². The van der Waals surface area contributed by atoms with E-state index in [1.807, 2.05) is 0 Å². The largest absolute Gasteiger partial charge is 0.305 e. The number of halogens is 1. The molecule has 0 amide bonds. The molecule has 0 aliphatic rings. The molecule has 1 atom stereocenters. The molecule has 0 aromatic heterocycles. The Morgan fingerprint density at radius 2 is 1.79 bits per heavy atom. The molecule has 1 N–H and O–H groups in total. The summed E-state index contributed by atoms with van der Waals surface area (Å²) < 4.78 is 41.7. The molecule has 1 aromatic rings. The Bertz CT molecular complexity index is 426. The molecule has 0 bridgehead atoms. The van der Waals surface area contributed by atoms with E-state index in [9.17, 15) is 17.6 Å². The molecule has 1 rings (SSSR count). The molecular weight excluding hydrogens is 211 g/mol. The van der Waals surface area contributed by atoms with Crippen LogP contribution in [-0.4, -0.2) is 24.3 Å². The van der Waals surface area contributed by atoms with E-state index in [4.69, 9.17) is 4.55 Å². The fraction of sp³-hybridized carbons (Fsp3) is 0.125. The van der Waals surface area contributed by atoms with Gasteiger partial charge in [0.05, 0.1) is 0 Å². The second-order valence-corrected chi connectivity index (χ2v) is 4.01. The number of carbonyl (C=O) groups excluding carboxylic acids is 1. The highest BCUT2D eigenvalue weighted by molar-refractivity contribution is 7.87. The van der Waals surface area contributed by atoms with Gasteiger partial charge in [0.15, 0.2) is 0 Å². The molecule has 4 nitrogen and oxygen atoms in total. The van der Waals surface area contributed by atoms with E-state index >= 15 is 0 Å². The molecule has 0 saturated carbocycles. The van der Waals surface area contributed by atoms with Gasteiger partial charge >= 0.3 is 10.1 Å². The lowest BCUT2D eigenvalue weighted by atomic mass is 10.1. The lowest BCUT2D eigenvalue weighted by Crippen LogP contribution is -2.25. The van der Waals surface area contributed by atoms with Gasteiger partial charge in [-0.1, -0.05) is 30.3 Å². The van der Waals surface area contributed by atoms with Gasteiger partial charge in [0.2, 0.25) is 5.78 Å². The smallest absolute Gasteiger partial charge is 0.290 e. The van der Waals surface area contributed by atoms with E-state index in [0.29, 0.717) is 0 Å². The van der Waals surface area contributed by atoms with Crippen LogP contribution in [0.2, 0.25) is 0 Å². The van der Waals surface area contributed by atoms with Crippen molar-refractivity contribution in [3.63, 3.8) is 0 Å². The van der Waals surface area contributed by atoms with Crippen LogP contribution in [-0.2, 0) is 10.1 Å². The summed E-state index contributed by atoms with van der Waals surface area (Å²) in [5.74, 6) is -1.27. The number of Topliss-reactive ketones (excluding diaryl/α,β-unsaturated/α-hetero) is 1. The summed E-state index contributed by atoms with van der Waals surface area (Å²) in [6, 6.07) is 7.05. The van der Waals surface area contributed by atoms with Gasteiger partial charge in [0.25, 0.3) is 5.50 Å². The maximum Gasteiger partial charge on any atom is 0.305 e. The van der Waals surface area contributed by atoms with Crippen molar-refractivity contribution in [2.45, 2.75) is 5.50 Å². The fourth-order valence-electron chi connectivity index (χ4n) is 0.869. The highest BCUT2D eigenvalue weighted by atomic mass is 32.2. The van der Waals surface area contributed by atoms with E-state index in [0.717, 1.165) is 0 Å². The van der Waals surface area contributed by atoms with Crippen LogP contribution >= 0.6 is 0 Å². The topological polar surface area (TPSA) is 71.4 Å². The van der Waals surface area contributed by atoms with Crippen molar-refractivity contribution in [2.24, 2.45) is 0 Å². The van der Waals surface area contributed by atoms with Gasteiger partial charge in [-0.25, -0.2) is 4.39 Å².